The van der Waals surface area contributed by atoms with E-state index in [0.29, 0.717) is 11.1 Å². The minimum absolute atomic E-state index is 0.0870. The van der Waals surface area contributed by atoms with Crippen molar-refractivity contribution in [2.75, 3.05) is 0 Å². The summed E-state index contributed by atoms with van der Waals surface area (Å²) in [6.45, 7) is 1.86. The summed E-state index contributed by atoms with van der Waals surface area (Å²) >= 11 is 3.47. The van der Waals surface area contributed by atoms with Crippen LogP contribution in [0.15, 0.2) is 83.3 Å². The van der Waals surface area contributed by atoms with Crippen molar-refractivity contribution in [3.63, 3.8) is 0 Å². The topological polar surface area (TPSA) is 51.2 Å². The average molecular weight is 473 g/mol. The summed E-state index contributed by atoms with van der Waals surface area (Å²) in [5.74, 6) is -1.70. The molecule has 0 unspecified atom stereocenters. The molecule has 3 nitrogen and oxygen atoms in total. The molecule has 0 N–H and O–H groups in total. The zero-order chi connectivity index (χ0) is 21.8. The van der Waals surface area contributed by atoms with Gasteiger partial charge < -0.3 is 0 Å². The first-order valence-corrected chi connectivity index (χ1v) is 11.3. The van der Waals surface area contributed by atoms with Gasteiger partial charge in [0.2, 0.25) is 0 Å². The van der Waals surface area contributed by atoms with Gasteiger partial charge in [0.05, 0.1) is 0 Å². The SMILES string of the molecule is C[C@H]1C(=O)C[C@@H](c2ccccc2)C2(C(=O)c3ccccc3C2=O)[C@@H]1c1ccc(Br)cc1. The van der Waals surface area contributed by atoms with Crippen LogP contribution in [0.2, 0.25) is 0 Å². The number of carbonyl (C=O) groups excluding carboxylic acids is 3. The number of rotatable bonds is 2. The van der Waals surface area contributed by atoms with Crippen LogP contribution in [0.3, 0.4) is 0 Å². The molecule has 5 rings (SSSR count). The molecule has 1 saturated carbocycles. The van der Waals surface area contributed by atoms with Gasteiger partial charge >= 0.3 is 0 Å². The zero-order valence-corrected chi connectivity index (χ0v) is 18.6. The molecular weight excluding hydrogens is 452 g/mol. The van der Waals surface area contributed by atoms with Gasteiger partial charge in [-0.3, -0.25) is 14.4 Å². The van der Waals surface area contributed by atoms with Crippen LogP contribution in [0, 0.1) is 11.3 Å². The maximum Gasteiger partial charge on any atom is 0.178 e. The van der Waals surface area contributed by atoms with E-state index in [4.69, 9.17) is 0 Å². The van der Waals surface area contributed by atoms with E-state index in [1.165, 1.54) is 0 Å². The molecule has 0 amide bonds. The minimum atomic E-state index is -1.33. The predicted octanol–water partition coefficient (Wildman–Crippen LogP) is 5.99. The normalized spacial score (nSPS) is 24.5. The standard InChI is InChI=1S/C27H21BrO3/c1-16-23(29)15-22(17-7-3-2-4-8-17)27(24(16)18-11-13-19(28)14-12-18)25(30)20-9-5-6-10-21(20)26(27)31/h2-14,16,22,24H,15H2,1H3/t16-,22-,24-/m0/s1. The van der Waals surface area contributed by atoms with Crippen LogP contribution in [0.5, 0.6) is 0 Å². The third-order valence-corrected chi connectivity index (χ3v) is 7.58. The molecule has 2 aliphatic carbocycles. The van der Waals surface area contributed by atoms with E-state index < -0.39 is 23.2 Å². The second-order valence-corrected chi connectivity index (χ2v) is 9.44. The van der Waals surface area contributed by atoms with Crippen molar-refractivity contribution in [2.45, 2.75) is 25.2 Å². The van der Waals surface area contributed by atoms with Gasteiger partial charge in [-0.05, 0) is 23.3 Å². The highest BCUT2D eigenvalue weighted by Crippen LogP contribution is 2.61. The van der Waals surface area contributed by atoms with Crippen molar-refractivity contribution in [1.82, 2.24) is 0 Å². The number of benzene rings is 3. The molecule has 0 bridgehead atoms. The second-order valence-electron chi connectivity index (χ2n) is 8.52. The summed E-state index contributed by atoms with van der Waals surface area (Å²) in [6, 6.07) is 24.3. The lowest BCUT2D eigenvalue weighted by Gasteiger charge is -2.47. The molecule has 3 aromatic rings. The Morgan fingerprint density at radius 3 is 1.87 bits per heavy atom. The van der Waals surface area contributed by atoms with Crippen molar-refractivity contribution in [3.8, 4) is 0 Å². The molecule has 3 aromatic carbocycles. The van der Waals surface area contributed by atoms with Crippen molar-refractivity contribution in [1.29, 1.82) is 0 Å². The van der Waals surface area contributed by atoms with Gasteiger partial charge in [-0.25, -0.2) is 0 Å². The van der Waals surface area contributed by atoms with Gasteiger partial charge in [-0.1, -0.05) is 89.6 Å². The van der Waals surface area contributed by atoms with Gasteiger partial charge in [0, 0.05) is 39.8 Å². The van der Waals surface area contributed by atoms with Crippen LogP contribution >= 0.6 is 15.9 Å². The molecule has 4 heteroatoms. The summed E-state index contributed by atoms with van der Waals surface area (Å²) in [6.07, 6.45) is 0.184. The number of hydrogen-bond acceptors (Lipinski definition) is 3. The van der Waals surface area contributed by atoms with Crippen LogP contribution in [-0.2, 0) is 4.79 Å². The first-order valence-electron chi connectivity index (χ1n) is 10.5. The van der Waals surface area contributed by atoms with Gasteiger partial charge in [0.15, 0.2) is 11.6 Å². The molecule has 0 saturated heterocycles. The van der Waals surface area contributed by atoms with Gasteiger partial charge in [0.1, 0.15) is 11.2 Å². The molecule has 1 fully saturated rings. The highest BCUT2D eigenvalue weighted by molar-refractivity contribution is 9.10. The van der Waals surface area contributed by atoms with E-state index in [0.717, 1.165) is 15.6 Å². The summed E-state index contributed by atoms with van der Waals surface area (Å²) in [5.41, 5.74) is 1.32. The zero-order valence-electron chi connectivity index (χ0n) is 17.0. The Morgan fingerprint density at radius 2 is 1.29 bits per heavy atom. The monoisotopic (exact) mass is 472 g/mol. The summed E-state index contributed by atoms with van der Waals surface area (Å²) in [7, 11) is 0. The Balaban J connectivity index is 1.82. The van der Waals surface area contributed by atoms with Crippen molar-refractivity contribution in [3.05, 3.63) is 106 Å². The maximum absolute atomic E-state index is 14.1. The second kappa shape index (κ2) is 7.38. The fraction of sp³-hybridized carbons (Fsp3) is 0.222. The third kappa shape index (κ3) is 2.81. The Morgan fingerprint density at radius 1 is 0.742 bits per heavy atom. The predicted molar refractivity (Wildman–Crippen MR) is 122 cm³/mol. The third-order valence-electron chi connectivity index (χ3n) is 7.05. The van der Waals surface area contributed by atoms with Crippen molar-refractivity contribution in [2.24, 2.45) is 11.3 Å². The van der Waals surface area contributed by atoms with E-state index in [1.807, 2.05) is 61.5 Å². The molecule has 2 aliphatic rings. The van der Waals surface area contributed by atoms with Gasteiger partial charge in [-0.15, -0.1) is 0 Å². The molecule has 3 atom stereocenters. The van der Waals surface area contributed by atoms with Crippen LogP contribution in [0.1, 0.15) is 57.0 Å². The number of ketones is 3. The van der Waals surface area contributed by atoms with Gasteiger partial charge in [-0.2, -0.15) is 0 Å². The first-order chi connectivity index (χ1) is 15.0. The maximum atomic E-state index is 14.1. The summed E-state index contributed by atoms with van der Waals surface area (Å²) in [5, 5.41) is 0. The van der Waals surface area contributed by atoms with Crippen molar-refractivity contribution >= 4 is 33.3 Å². The number of carbonyl (C=O) groups is 3. The minimum Gasteiger partial charge on any atom is -0.299 e. The molecule has 0 aliphatic heterocycles. The number of Topliss-reactive ketones (excluding diaryl/α,β-unsaturated/α-hetero) is 3. The van der Waals surface area contributed by atoms with Crippen LogP contribution in [0.4, 0.5) is 0 Å². The lowest BCUT2D eigenvalue weighted by Crippen LogP contribution is -2.52. The lowest BCUT2D eigenvalue weighted by atomic mass is 9.51. The van der Waals surface area contributed by atoms with E-state index in [2.05, 4.69) is 15.9 Å². The van der Waals surface area contributed by atoms with Crippen LogP contribution < -0.4 is 0 Å². The van der Waals surface area contributed by atoms with E-state index in [-0.39, 0.29) is 23.8 Å². The van der Waals surface area contributed by atoms with Crippen molar-refractivity contribution < 1.29 is 14.4 Å². The number of hydrogen-bond donors (Lipinski definition) is 0. The highest BCUT2D eigenvalue weighted by atomic mass is 79.9. The van der Waals surface area contributed by atoms with E-state index >= 15 is 0 Å². The number of fused-ring (bicyclic) bond motifs is 1. The Bertz CT molecular complexity index is 1160. The molecule has 1 spiro atoms. The van der Waals surface area contributed by atoms with Crippen LogP contribution in [0.25, 0.3) is 0 Å². The molecule has 154 valence electrons. The summed E-state index contributed by atoms with van der Waals surface area (Å²) < 4.78 is 0.909. The Labute approximate surface area is 189 Å². The molecule has 31 heavy (non-hydrogen) atoms. The fourth-order valence-corrected chi connectivity index (χ4v) is 5.92. The fourth-order valence-electron chi connectivity index (χ4n) is 5.66. The smallest absolute Gasteiger partial charge is 0.178 e. The highest BCUT2D eigenvalue weighted by Gasteiger charge is 2.66. The molecule has 0 aromatic heterocycles. The van der Waals surface area contributed by atoms with E-state index in [9.17, 15) is 14.4 Å². The number of halogens is 1. The molecule has 0 heterocycles. The summed E-state index contributed by atoms with van der Waals surface area (Å²) in [4.78, 5) is 41.5. The molecular formula is C27H21BrO3. The lowest BCUT2D eigenvalue weighted by molar-refractivity contribution is -0.127. The quantitative estimate of drug-likeness (QED) is 0.430. The average Bonchev–Trinajstić information content (AvgIpc) is 3.01. The van der Waals surface area contributed by atoms with Gasteiger partial charge in [0.25, 0.3) is 0 Å². The molecule has 0 radical (unpaired) electrons. The first kappa shape index (κ1) is 20.1. The largest absolute Gasteiger partial charge is 0.299 e. The van der Waals surface area contributed by atoms with Crippen LogP contribution in [-0.4, -0.2) is 17.3 Å². The van der Waals surface area contributed by atoms with E-state index in [1.54, 1.807) is 24.3 Å². The Kier molecular flexibility index (Phi) is 4.78. The Hall–Kier alpha value is -2.85.